The fourth-order valence-electron chi connectivity index (χ4n) is 8.76. The predicted octanol–water partition coefficient (Wildman–Crippen LogP) is 13.1. The summed E-state index contributed by atoms with van der Waals surface area (Å²) in [5, 5.41) is 16.9. The third-order valence-electron chi connectivity index (χ3n) is 11.1. The van der Waals surface area contributed by atoms with Crippen molar-refractivity contribution in [1.29, 1.82) is 5.26 Å². The lowest BCUT2D eigenvalue weighted by Crippen LogP contribution is -1.98. The number of fused-ring (bicyclic) bond motifs is 9. The highest BCUT2D eigenvalue weighted by Gasteiger charge is 2.20. The van der Waals surface area contributed by atoms with Crippen molar-refractivity contribution in [3.8, 4) is 34.3 Å². The second kappa shape index (κ2) is 11.8. The van der Waals surface area contributed by atoms with Crippen LogP contribution in [0.4, 0.5) is 5.69 Å². The molecule has 254 valence electrons. The van der Waals surface area contributed by atoms with Crippen molar-refractivity contribution >= 4 is 71.1 Å². The first kappa shape index (κ1) is 30.7. The Morgan fingerprint density at radius 2 is 0.964 bits per heavy atom. The van der Waals surface area contributed by atoms with E-state index in [0.717, 1.165) is 61.0 Å². The lowest BCUT2D eigenvalue weighted by molar-refractivity contribution is 1.15. The summed E-state index contributed by atoms with van der Waals surface area (Å²) in [7, 11) is 0. The van der Waals surface area contributed by atoms with Crippen LogP contribution in [0.5, 0.6) is 0 Å². The van der Waals surface area contributed by atoms with Crippen LogP contribution in [-0.4, -0.2) is 13.7 Å². The first-order valence-electron chi connectivity index (χ1n) is 18.3. The van der Waals surface area contributed by atoms with Crippen LogP contribution < -0.4 is 0 Å². The van der Waals surface area contributed by atoms with E-state index in [0.29, 0.717) is 11.3 Å². The molecular formula is C50H29N5. The molecule has 0 atom stereocenters. The van der Waals surface area contributed by atoms with E-state index in [9.17, 15) is 5.26 Å². The zero-order valence-electron chi connectivity index (χ0n) is 29.5. The van der Waals surface area contributed by atoms with Crippen LogP contribution in [0.1, 0.15) is 5.56 Å². The van der Waals surface area contributed by atoms with Crippen LogP contribution in [0, 0.1) is 17.9 Å². The number of nitrogens with zero attached hydrogens (tertiary/aromatic N) is 5. The molecule has 0 saturated carbocycles. The summed E-state index contributed by atoms with van der Waals surface area (Å²) in [5.41, 5.74) is 12.9. The maximum atomic E-state index is 10.1. The van der Waals surface area contributed by atoms with Crippen molar-refractivity contribution in [3.05, 3.63) is 193 Å². The quantitative estimate of drug-likeness (QED) is 0.169. The van der Waals surface area contributed by atoms with Gasteiger partial charge in [-0.15, -0.1) is 0 Å². The zero-order valence-corrected chi connectivity index (χ0v) is 29.5. The fourth-order valence-corrected chi connectivity index (χ4v) is 8.76. The van der Waals surface area contributed by atoms with Crippen LogP contribution in [0.15, 0.2) is 176 Å². The Morgan fingerprint density at radius 1 is 0.436 bits per heavy atom. The van der Waals surface area contributed by atoms with E-state index in [4.69, 9.17) is 6.57 Å². The topological polar surface area (TPSA) is 42.9 Å². The normalized spacial score (nSPS) is 11.6. The first-order chi connectivity index (χ1) is 27.2. The summed E-state index contributed by atoms with van der Waals surface area (Å²) in [4.78, 5) is 3.81. The van der Waals surface area contributed by atoms with Gasteiger partial charge in [0, 0.05) is 54.9 Å². The number of para-hydroxylation sites is 4. The summed E-state index contributed by atoms with van der Waals surface area (Å²) >= 11 is 0. The van der Waals surface area contributed by atoms with Gasteiger partial charge in [0.1, 0.15) is 0 Å². The predicted molar refractivity (Wildman–Crippen MR) is 226 cm³/mol. The number of hydrogen-bond acceptors (Lipinski definition) is 1. The van der Waals surface area contributed by atoms with Crippen LogP contribution in [-0.2, 0) is 0 Å². The molecule has 0 N–H and O–H groups in total. The Labute approximate surface area is 316 Å². The smallest absolute Gasteiger partial charge is 0.189 e. The SMILES string of the molecule is [C-]#[N+]c1ccc(-c2ccc(-n3c4ccccc4c4ccc(-n5c6ccccc6c6ccccc65)cc43)cc2)c(-n2c3ccccc3c3c(C#N)cccc32)c1. The highest BCUT2D eigenvalue weighted by molar-refractivity contribution is 6.13. The van der Waals surface area contributed by atoms with E-state index < -0.39 is 0 Å². The highest BCUT2D eigenvalue weighted by atomic mass is 15.0. The van der Waals surface area contributed by atoms with Gasteiger partial charge in [-0.2, -0.15) is 5.26 Å². The highest BCUT2D eigenvalue weighted by Crippen LogP contribution is 2.41. The molecule has 0 bridgehead atoms. The minimum Gasteiger partial charge on any atom is -0.310 e. The lowest BCUT2D eigenvalue weighted by atomic mass is 10.0. The first-order valence-corrected chi connectivity index (χ1v) is 18.3. The minimum atomic E-state index is 0.557. The van der Waals surface area contributed by atoms with Crippen molar-refractivity contribution < 1.29 is 0 Å². The van der Waals surface area contributed by atoms with E-state index in [1.54, 1.807) is 0 Å². The van der Waals surface area contributed by atoms with E-state index >= 15 is 0 Å². The number of hydrogen-bond donors (Lipinski definition) is 0. The lowest BCUT2D eigenvalue weighted by Gasteiger charge is -2.16. The molecule has 11 aromatic rings. The maximum Gasteiger partial charge on any atom is 0.189 e. The number of rotatable bonds is 4. The summed E-state index contributed by atoms with van der Waals surface area (Å²) in [6.07, 6.45) is 0. The third-order valence-corrected chi connectivity index (χ3v) is 11.1. The second-order valence-corrected chi connectivity index (χ2v) is 13.9. The Hall–Kier alpha value is -7.86. The van der Waals surface area contributed by atoms with E-state index in [2.05, 4.69) is 158 Å². The average molecular weight is 700 g/mol. The average Bonchev–Trinajstić information content (AvgIpc) is 3.89. The third kappa shape index (κ3) is 4.45. The molecule has 0 spiro atoms. The molecule has 5 nitrogen and oxygen atoms in total. The van der Waals surface area contributed by atoms with Crippen LogP contribution in [0.25, 0.3) is 98.5 Å². The summed E-state index contributed by atoms with van der Waals surface area (Å²) in [6.45, 7) is 7.88. The molecular weight excluding hydrogens is 671 g/mol. The van der Waals surface area contributed by atoms with Crippen LogP contribution in [0.3, 0.4) is 0 Å². The van der Waals surface area contributed by atoms with Gasteiger partial charge in [-0.05, 0) is 72.3 Å². The summed E-state index contributed by atoms with van der Waals surface area (Å²) in [6, 6.07) is 63.8. The molecule has 0 saturated heterocycles. The molecule has 0 aliphatic rings. The van der Waals surface area contributed by atoms with Crippen LogP contribution >= 0.6 is 0 Å². The van der Waals surface area contributed by atoms with Gasteiger partial charge in [-0.3, -0.25) is 0 Å². The summed E-state index contributed by atoms with van der Waals surface area (Å²) in [5.74, 6) is 0. The Bertz CT molecular complexity index is 3400. The Morgan fingerprint density at radius 3 is 1.58 bits per heavy atom. The molecule has 11 rings (SSSR count). The number of aromatic nitrogens is 3. The fraction of sp³-hybridized carbons (Fsp3) is 0. The molecule has 3 aromatic heterocycles. The van der Waals surface area contributed by atoms with Crippen LogP contribution in [0.2, 0.25) is 0 Å². The molecule has 5 heteroatoms. The van der Waals surface area contributed by atoms with E-state index in [1.165, 1.54) is 32.6 Å². The van der Waals surface area contributed by atoms with E-state index in [-0.39, 0.29) is 0 Å². The van der Waals surface area contributed by atoms with Gasteiger partial charge in [0.25, 0.3) is 0 Å². The largest absolute Gasteiger partial charge is 0.310 e. The molecule has 8 aromatic carbocycles. The van der Waals surface area contributed by atoms with Crippen molar-refractivity contribution in [2.75, 3.05) is 0 Å². The van der Waals surface area contributed by atoms with Gasteiger partial charge < -0.3 is 13.7 Å². The molecule has 0 aliphatic heterocycles. The van der Waals surface area contributed by atoms with Gasteiger partial charge in [0.05, 0.1) is 51.3 Å². The van der Waals surface area contributed by atoms with Gasteiger partial charge in [0.15, 0.2) is 5.69 Å². The molecule has 0 amide bonds. The van der Waals surface area contributed by atoms with Gasteiger partial charge in [-0.1, -0.05) is 109 Å². The van der Waals surface area contributed by atoms with Crippen molar-refractivity contribution in [3.63, 3.8) is 0 Å². The molecule has 3 heterocycles. The van der Waals surface area contributed by atoms with Crippen molar-refractivity contribution in [2.45, 2.75) is 0 Å². The standard InChI is InChI=1S/C50H29N5/c1-52-34-23-27-37(48(29-34)55-46-19-9-5-15-42(46)50-33(31-51)11-10-20-47(50)55)32-21-24-35(25-22-32)53-43-16-6-4-14-40(43)41-28-26-36(30-49(41)53)54-44-17-7-2-12-38(44)39-13-3-8-18-45(39)54/h2-30H. The molecule has 0 radical (unpaired) electrons. The molecule has 0 aliphatic carbocycles. The summed E-state index contributed by atoms with van der Waals surface area (Å²) < 4.78 is 6.94. The monoisotopic (exact) mass is 699 g/mol. The van der Waals surface area contributed by atoms with Gasteiger partial charge in [0.2, 0.25) is 0 Å². The zero-order chi connectivity index (χ0) is 36.6. The Kier molecular flexibility index (Phi) is 6.61. The number of nitriles is 1. The van der Waals surface area contributed by atoms with Crippen molar-refractivity contribution in [1.82, 2.24) is 13.7 Å². The molecule has 0 unspecified atom stereocenters. The van der Waals surface area contributed by atoms with Gasteiger partial charge >= 0.3 is 0 Å². The maximum absolute atomic E-state index is 10.1. The second-order valence-electron chi connectivity index (χ2n) is 13.9. The molecule has 0 fully saturated rings. The van der Waals surface area contributed by atoms with E-state index in [1.807, 2.05) is 42.5 Å². The van der Waals surface area contributed by atoms with Crippen molar-refractivity contribution in [2.24, 2.45) is 0 Å². The number of benzene rings is 8. The Balaban J connectivity index is 1.11. The van der Waals surface area contributed by atoms with Gasteiger partial charge in [-0.25, -0.2) is 4.85 Å². The minimum absolute atomic E-state index is 0.557. The molecule has 55 heavy (non-hydrogen) atoms.